The van der Waals surface area contributed by atoms with Gasteiger partial charge in [0.05, 0.1) is 17.6 Å². The first-order chi connectivity index (χ1) is 14.9. The zero-order chi connectivity index (χ0) is 22.3. The highest BCUT2D eigenvalue weighted by molar-refractivity contribution is 7.92. The van der Waals surface area contributed by atoms with Crippen LogP contribution < -0.4 is 4.74 Å². The molecule has 0 heterocycles. The predicted molar refractivity (Wildman–Crippen MR) is 120 cm³/mol. The molecule has 0 atom stereocenters. The van der Waals surface area contributed by atoms with Crippen LogP contribution in [0.15, 0.2) is 53.4 Å². The summed E-state index contributed by atoms with van der Waals surface area (Å²) in [6.07, 6.45) is 6.41. The zero-order valence-electron chi connectivity index (χ0n) is 18.0. The number of para-hydroxylation sites is 1. The van der Waals surface area contributed by atoms with Gasteiger partial charge in [-0.1, -0.05) is 49.9 Å². The van der Waals surface area contributed by atoms with Crippen LogP contribution in [0, 0.1) is 5.92 Å². The van der Waals surface area contributed by atoms with Crippen molar-refractivity contribution in [3.05, 3.63) is 59.7 Å². The summed E-state index contributed by atoms with van der Waals surface area (Å²) in [6, 6.07) is 13.8. The van der Waals surface area contributed by atoms with Crippen LogP contribution >= 0.6 is 0 Å². The largest absolute Gasteiger partial charge is 0.496 e. The molecule has 1 aliphatic rings. The van der Waals surface area contributed by atoms with Gasteiger partial charge in [0.2, 0.25) is 0 Å². The Hall–Kier alpha value is -2.47. The first-order valence-corrected chi connectivity index (χ1v) is 12.5. The molecule has 3 rings (SSSR count). The van der Waals surface area contributed by atoms with E-state index in [-0.39, 0.29) is 16.5 Å². The number of hydrogen-bond donors (Lipinski definition) is 0. The van der Waals surface area contributed by atoms with Crippen LogP contribution in [0.4, 0.5) is 0 Å². The molecular weight excluding hydrogens is 412 g/mol. The molecule has 2 aromatic rings. The summed E-state index contributed by atoms with van der Waals surface area (Å²) in [5, 5.41) is 0. The molecule has 1 aliphatic carbocycles. The summed E-state index contributed by atoms with van der Waals surface area (Å²) in [4.78, 5) is 24.8. The summed E-state index contributed by atoms with van der Waals surface area (Å²) in [7, 11) is -2.07. The molecule has 0 spiro atoms. The second-order valence-electron chi connectivity index (χ2n) is 8.27. The minimum atomic E-state index is -3.61. The van der Waals surface area contributed by atoms with E-state index in [9.17, 15) is 18.0 Å². The van der Waals surface area contributed by atoms with E-state index >= 15 is 0 Å². The van der Waals surface area contributed by atoms with Crippen LogP contribution in [0.5, 0.6) is 5.75 Å². The van der Waals surface area contributed by atoms with Crippen LogP contribution in [0.2, 0.25) is 0 Å². The number of ether oxygens (including phenoxy) is 1. The third-order valence-corrected chi connectivity index (χ3v) is 7.59. The molecule has 0 saturated heterocycles. The van der Waals surface area contributed by atoms with Crippen molar-refractivity contribution in [2.45, 2.75) is 56.3 Å². The molecule has 31 heavy (non-hydrogen) atoms. The quantitative estimate of drug-likeness (QED) is 0.466. The van der Waals surface area contributed by atoms with Gasteiger partial charge in [-0.05, 0) is 48.6 Å². The molecule has 0 bridgehead atoms. The molecule has 0 aromatic heterocycles. The Morgan fingerprint density at radius 2 is 1.68 bits per heavy atom. The lowest BCUT2D eigenvalue weighted by atomic mass is 10.0. The van der Waals surface area contributed by atoms with Crippen molar-refractivity contribution in [3.63, 3.8) is 0 Å². The summed E-state index contributed by atoms with van der Waals surface area (Å²) in [5.74, 6) is 0.340. The Bertz CT molecular complexity index is 1000. The van der Waals surface area contributed by atoms with Gasteiger partial charge in [0.1, 0.15) is 17.3 Å². The van der Waals surface area contributed by atoms with Crippen LogP contribution in [-0.4, -0.2) is 32.8 Å². The number of benzene rings is 2. The molecular formula is C25H30O5S. The Kier molecular flexibility index (Phi) is 8.02. The third kappa shape index (κ3) is 6.50. The standard InChI is InChI=1S/C25H30O5S/c1-30-25-12-5-4-10-23(25)24(27)11-6-9-19-13-15-22(16-14-19)31(28,29)18-21(26)17-20-7-2-3-8-20/h4-5,10,12-16,20H,2-3,6-9,11,17-18H2,1H3. The molecule has 1 saturated carbocycles. The smallest absolute Gasteiger partial charge is 0.185 e. The van der Waals surface area contributed by atoms with Crippen molar-refractivity contribution in [1.29, 1.82) is 0 Å². The fourth-order valence-electron chi connectivity index (χ4n) is 4.22. The summed E-state index contributed by atoms with van der Waals surface area (Å²) < 4.78 is 30.4. The molecule has 0 amide bonds. The molecule has 166 valence electrons. The van der Waals surface area contributed by atoms with Gasteiger partial charge in [0.25, 0.3) is 0 Å². The minimum absolute atomic E-state index is 0.0254. The molecule has 1 fully saturated rings. The highest BCUT2D eigenvalue weighted by Gasteiger charge is 2.23. The maximum absolute atomic E-state index is 12.6. The Morgan fingerprint density at radius 1 is 1.00 bits per heavy atom. The van der Waals surface area contributed by atoms with E-state index in [2.05, 4.69) is 0 Å². The monoisotopic (exact) mass is 442 g/mol. The molecule has 6 heteroatoms. The van der Waals surface area contributed by atoms with Crippen LogP contribution in [0.25, 0.3) is 0 Å². The van der Waals surface area contributed by atoms with E-state index in [1.807, 2.05) is 12.1 Å². The van der Waals surface area contributed by atoms with Gasteiger partial charge in [0.15, 0.2) is 15.6 Å². The van der Waals surface area contributed by atoms with E-state index in [4.69, 9.17) is 4.74 Å². The first-order valence-electron chi connectivity index (χ1n) is 10.9. The average Bonchev–Trinajstić information content (AvgIpc) is 3.26. The van der Waals surface area contributed by atoms with Crippen molar-refractivity contribution in [3.8, 4) is 5.75 Å². The SMILES string of the molecule is COc1ccccc1C(=O)CCCc1ccc(S(=O)(=O)CC(=O)CC2CCCC2)cc1. The van der Waals surface area contributed by atoms with Gasteiger partial charge in [-0.25, -0.2) is 8.42 Å². The third-order valence-electron chi connectivity index (χ3n) is 5.90. The molecule has 5 nitrogen and oxygen atoms in total. The highest BCUT2D eigenvalue weighted by Crippen LogP contribution is 2.28. The Balaban J connectivity index is 1.51. The van der Waals surface area contributed by atoms with Crippen molar-refractivity contribution < 1.29 is 22.7 Å². The molecule has 2 aromatic carbocycles. The predicted octanol–water partition coefficient (Wildman–Crippen LogP) is 4.82. The first kappa shape index (κ1) is 23.2. The van der Waals surface area contributed by atoms with Crippen LogP contribution in [0.3, 0.4) is 0 Å². The zero-order valence-corrected chi connectivity index (χ0v) is 18.8. The summed E-state index contributed by atoms with van der Waals surface area (Å²) in [6.45, 7) is 0. The van der Waals surface area contributed by atoms with Gasteiger partial charge >= 0.3 is 0 Å². The number of hydrogen-bond acceptors (Lipinski definition) is 5. The number of ketones is 2. The number of Topliss-reactive ketones (excluding diaryl/α,β-unsaturated/α-hetero) is 2. The van der Waals surface area contributed by atoms with E-state index in [1.54, 1.807) is 43.5 Å². The maximum Gasteiger partial charge on any atom is 0.185 e. The van der Waals surface area contributed by atoms with E-state index < -0.39 is 15.6 Å². The van der Waals surface area contributed by atoms with E-state index in [0.717, 1.165) is 31.2 Å². The minimum Gasteiger partial charge on any atom is -0.496 e. The summed E-state index contributed by atoms with van der Waals surface area (Å²) in [5.41, 5.74) is 1.54. The van der Waals surface area contributed by atoms with Crippen LogP contribution in [0.1, 0.15) is 60.9 Å². The normalized spacial score (nSPS) is 14.5. The fourth-order valence-corrected chi connectivity index (χ4v) is 5.48. The fraction of sp³-hybridized carbons (Fsp3) is 0.440. The number of methoxy groups -OCH3 is 1. The second kappa shape index (κ2) is 10.7. The Morgan fingerprint density at radius 3 is 2.35 bits per heavy atom. The van der Waals surface area contributed by atoms with Gasteiger partial charge in [-0.3, -0.25) is 9.59 Å². The number of carbonyl (C=O) groups is 2. The summed E-state index contributed by atoms with van der Waals surface area (Å²) >= 11 is 0. The lowest BCUT2D eigenvalue weighted by molar-refractivity contribution is -0.117. The van der Waals surface area contributed by atoms with Gasteiger partial charge in [-0.15, -0.1) is 0 Å². The number of rotatable bonds is 11. The van der Waals surface area contributed by atoms with Crippen molar-refractivity contribution in [2.24, 2.45) is 5.92 Å². The van der Waals surface area contributed by atoms with Crippen molar-refractivity contribution >= 4 is 21.4 Å². The van der Waals surface area contributed by atoms with E-state index in [0.29, 0.717) is 42.9 Å². The van der Waals surface area contributed by atoms with Crippen molar-refractivity contribution in [2.75, 3.05) is 12.9 Å². The van der Waals surface area contributed by atoms with Gasteiger partial charge in [0, 0.05) is 12.8 Å². The molecule has 0 aliphatic heterocycles. The molecule has 0 unspecified atom stereocenters. The Labute approximate surface area is 184 Å². The highest BCUT2D eigenvalue weighted by atomic mass is 32.2. The lowest BCUT2D eigenvalue weighted by Gasteiger charge is -2.09. The van der Waals surface area contributed by atoms with Crippen molar-refractivity contribution in [1.82, 2.24) is 0 Å². The van der Waals surface area contributed by atoms with Crippen LogP contribution in [-0.2, 0) is 21.1 Å². The topological polar surface area (TPSA) is 77.5 Å². The number of aryl methyl sites for hydroxylation is 1. The average molecular weight is 443 g/mol. The number of carbonyl (C=O) groups excluding carboxylic acids is 2. The molecule has 0 N–H and O–H groups in total. The number of sulfone groups is 1. The van der Waals surface area contributed by atoms with E-state index in [1.165, 1.54) is 0 Å². The maximum atomic E-state index is 12.6. The van der Waals surface area contributed by atoms with Gasteiger partial charge in [-0.2, -0.15) is 0 Å². The lowest BCUT2D eigenvalue weighted by Crippen LogP contribution is -2.18. The second-order valence-corrected chi connectivity index (χ2v) is 10.3. The van der Waals surface area contributed by atoms with Gasteiger partial charge < -0.3 is 4.74 Å². The molecule has 0 radical (unpaired) electrons.